The van der Waals surface area contributed by atoms with Gasteiger partial charge < -0.3 is 15.9 Å². The van der Waals surface area contributed by atoms with E-state index in [0.717, 1.165) is 11.8 Å². The highest BCUT2D eigenvalue weighted by atomic mass is 32.2. The Morgan fingerprint density at radius 3 is 2.72 bits per heavy atom. The molecule has 0 heterocycles. The van der Waals surface area contributed by atoms with E-state index in [4.69, 9.17) is 11.0 Å². The Balaban J connectivity index is 2.78. The van der Waals surface area contributed by atoms with Crippen LogP contribution < -0.4 is 5.73 Å². The number of nitriles is 1. The zero-order chi connectivity index (χ0) is 13.7. The number of hydrogen-bond acceptors (Lipinski definition) is 6. The normalized spacial score (nSPS) is 13.7. The topological polar surface area (TPSA) is 107 Å². The predicted molar refractivity (Wildman–Crippen MR) is 69.7 cm³/mol. The molecule has 2 unspecified atom stereocenters. The third-order valence-electron chi connectivity index (χ3n) is 2.36. The Kier molecular flexibility index (Phi) is 5.16. The molecular formula is C12H14N2O3S. The number of thioether (sulfide) groups is 1. The second-order valence-electron chi connectivity index (χ2n) is 3.77. The van der Waals surface area contributed by atoms with Gasteiger partial charge in [0.2, 0.25) is 0 Å². The first kappa shape index (κ1) is 14.5. The summed E-state index contributed by atoms with van der Waals surface area (Å²) in [5.41, 5.74) is 6.61. The molecule has 0 radical (unpaired) electrons. The zero-order valence-electron chi connectivity index (χ0n) is 9.83. The number of benzene rings is 1. The lowest BCUT2D eigenvalue weighted by atomic mass is 10.0. The van der Waals surface area contributed by atoms with Crippen LogP contribution in [0.3, 0.4) is 0 Å². The SMILES string of the molecule is CC(=O)SCC(O)C(O)c1ccc(C#N)c(N)c1. The van der Waals surface area contributed by atoms with Gasteiger partial charge >= 0.3 is 0 Å². The van der Waals surface area contributed by atoms with Crippen molar-refractivity contribution in [2.24, 2.45) is 0 Å². The van der Waals surface area contributed by atoms with Gasteiger partial charge in [0.25, 0.3) is 0 Å². The van der Waals surface area contributed by atoms with Crippen molar-refractivity contribution in [1.29, 1.82) is 5.26 Å². The smallest absolute Gasteiger partial charge is 0.185 e. The third kappa shape index (κ3) is 3.74. The first-order valence-corrected chi connectivity index (χ1v) is 6.23. The third-order valence-corrected chi connectivity index (χ3v) is 3.27. The largest absolute Gasteiger partial charge is 0.398 e. The van der Waals surface area contributed by atoms with Crippen LogP contribution >= 0.6 is 11.8 Å². The van der Waals surface area contributed by atoms with Crippen molar-refractivity contribution in [3.63, 3.8) is 0 Å². The summed E-state index contributed by atoms with van der Waals surface area (Å²) in [4.78, 5) is 10.8. The Bertz CT molecular complexity index is 485. The maximum Gasteiger partial charge on any atom is 0.185 e. The maximum absolute atomic E-state index is 10.8. The number of aliphatic hydroxyl groups is 2. The minimum Gasteiger partial charge on any atom is -0.398 e. The Labute approximate surface area is 109 Å². The lowest BCUT2D eigenvalue weighted by molar-refractivity contribution is -0.109. The fourth-order valence-corrected chi connectivity index (χ4v) is 1.97. The number of rotatable bonds is 4. The summed E-state index contributed by atoms with van der Waals surface area (Å²) in [5, 5.41) is 28.2. The molecule has 1 aromatic carbocycles. The van der Waals surface area contributed by atoms with Gasteiger partial charge in [0.1, 0.15) is 12.2 Å². The first-order valence-electron chi connectivity index (χ1n) is 5.24. The molecule has 0 fully saturated rings. The molecule has 1 rings (SSSR count). The van der Waals surface area contributed by atoms with Crippen LogP contribution in [0, 0.1) is 11.3 Å². The van der Waals surface area contributed by atoms with Gasteiger partial charge in [-0.3, -0.25) is 4.79 Å². The minimum absolute atomic E-state index is 0.108. The summed E-state index contributed by atoms with van der Waals surface area (Å²) < 4.78 is 0. The lowest BCUT2D eigenvalue weighted by Crippen LogP contribution is -2.21. The van der Waals surface area contributed by atoms with Crippen molar-refractivity contribution in [3.8, 4) is 6.07 Å². The summed E-state index contributed by atoms with van der Waals surface area (Å²) in [7, 11) is 0. The van der Waals surface area contributed by atoms with Crippen molar-refractivity contribution in [2.75, 3.05) is 11.5 Å². The highest BCUT2D eigenvalue weighted by molar-refractivity contribution is 8.13. The molecular weight excluding hydrogens is 252 g/mol. The van der Waals surface area contributed by atoms with Crippen molar-refractivity contribution in [3.05, 3.63) is 29.3 Å². The molecule has 4 N–H and O–H groups in total. The van der Waals surface area contributed by atoms with Crippen LogP contribution in [0.5, 0.6) is 0 Å². The minimum atomic E-state index is -1.13. The molecule has 0 saturated heterocycles. The predicted octanol–water partition coefficient (Wildman–Crippen LogP) is 0.814. The van der Waals surface area contributed by atoms with Gasteiger partial charge in [-0.2, -0.15) is 5.26 Å². The van der Waals surface area contributed by atoms with Gasteiger partial charge in [0.05, 0.1) is 11.7 Å². The number of anilines is 1. The van der Waals surface area contributed by atoms with Crippen LogP contribution in [0.25, 0.3) is 0 Å². The number of hydrogen-bond donors (Lipinski definition) is 3. The molecule has 0 aliphatic rings. The number of aliphatic hydroxyl groups excluding tert-OH is 2. The average molecular weight is 266 g/mol. The molecule has 1 aromatic rings. The second-order valence-corrected chi connectivity index (χ2v) is 4.97. The van der Waals surface area contributed by atoms with Gasteiger partial charge in [0, 0.05) is 18.4 Å². The fraction of sp³-hybridized carbons (Fsp3) is 0.333. The monoisotopic (exact) mass is 266 g/mol. The standard InChI is InChI=1S/C12H14N2O3S/c1-7(15)18-6-11(16)12(17)8-2-3-9(5-13)10(14)4-8/h2-4,11-12,16-17H,6,14H2,1H3. The summed E-state index contributed by atoms with van der Waals surface area (Å²) in [6, 6.07) is 6.38. The fourth-order valence-electron chi connectivity index (χ4n) is 1.38. The van der Waals surface area contributed by atoms with Gasteiger partial charge in [-0.15, -0.1) is 0 Å². The van der Waals surface area contributed by atoms with E-state index in [0.29, 0.717) is 11.1 Å². The van der Waals surface area contributed by atoms with Crippen molar-refractivity contribution >= 4 is 22.6 Å². The summed E-state index contributed by atoms with van der Waals surface area (Å²) in [6.07, 6.45) is -2.20. The van der Waals surface area contributed by atoms with Crippen LogP contribution in [-0.2, 0) is 4.79 Å². The Morgan fingerprint density at radius 1 is 1.56 bits per heavy atom. The zero-order valence-corrected chi connectivity index (χ0v) is 10.6. The molecule has 5 nitrogen and oxygen atoms in total. The molecule has 0 saturated carbocycles. The van der Waals surface area contributed by atoms with Gasteiger partial charge in [0.15, 0.2) is 5.12 Å². The van der Waals surface area contributed by atoms with Crippen LogP contribution in [0.2, 0.25) is 0 Å². The quantitative estimate of drug-likeness (QED) is 0.696. The van der Waals surface area contributed by atoms with E-state index in [-0.39, 0.29) is 16.6 Å². The van der Waals surface area contributed by atoms with E-state index in [2.05, 4.69) is 0 Å². The highest BCUT2D eigenvalue weighted by Gasteiger charge is 2.19. The van der Waals surface area contributed by atoms with Crippen LogP contribution in [-0.4, -0.2) is 27.2 Å². The summed E-state index contributed by atoms with van der Waals surface area (Å²) >= 11 is 0.942. The van der Waals surface area contributed by atoms with Gasteiger partial charge in [-0.1, -0.05) is 17.8 Å². The number of nitrogen functional groups attached to an aromatic ring is 1. The van der Waals surface area contributed by atoms with Crippen LogP contribution in [0.15, 0.2) is 18.2 Å². The van der Waals surface area contributed by atoms with Crippen LogP contribution in [0.4, 0.5) is 5.69 Å². The summed E-state index contributed by atoms with van der Waals surface area (Å²) in [5.74, 6) is 0.108. The van der Waals surface area contributed by atoms with E-state index >= 15 is 0 Å². The molecule has 2 atom stereocenters. The van der Waals surface area contributed by atoms with Crippen molar-refractivity contribution < 1.29 is 15.0 Å². The average Bonchev–Trinajstić information content (AvgIpc) is 2.34. The van der Waals surface area contributed by atoms with Gasteiger partial charge in [-0.25, -0.2) is 0 Å². The van der Waals surface area contributed by atoms with E-state index in [9.17, 15) is 15.0 Å². The van der Waals surface area contributed by atoms with Crippen LogP contribution in [0.1, 0.15) is 24.2 Å². The van der Waals surface area contributed by atoms with E-state index in [1.54, 1.807) is 0 Å². The molecule has 96 valence electrons. The Morgan fingerprint density at radius 2 is 2.22 bits per heavy atom. The van der Waals surface area contributed by atoms with E-state index in [1.165, 1.54) is 25.1 Å². The molecule has 0 bridgehead atoms. The molecule has 0 aromatic heterocycles. The number of nitrogens with two attached hydrogens (primary N) is 1. The van der Waals surface area contributed by atoms with Crippen molar-refractivity contribution in [2.45, 2.75) is 19.1 Å². The maximum atomic E-state index is 10.8. The number of nitrogens with zero attached hydrogens (tertiary/aromatic N) is 1. The van der Waals surface area contributed by atoms with Gasteiger partial charge in [-0.05, 0) is 17.7 Å². The number of carbonyl (C=O) groups is 1. The number of carbonyl (C=O) groups excluding carboxylic acids is 1. The molecule has 0 amide bonds. The molecule has 0 spiro atoms. The van der Waals surface area contributed by atoms with Crippen molar-refractivity contribution in [1.82, 2.24) is 0 Å². The van der Waals surface area contributed by atoms with E-state index < -0.39 is 12.2 Å². The Hall–Kier alpha value is -1.55. The first-order chi connectivity index (χ1) is 8.45. The summed E-state index contributed by atoms with van der Waals surface area (Å²) in [6.45, 7) is 1.39. The highest BCUT2D eigenvalue weighted by Crippen LogP contribution is 2.23. The second kappa shape index (κ2) is 6.40. The molecule has 6 heteroatoms. The van der Waals surface area contributed by atoms with E-state index in [1.807, 2.05) is 6.07 Å². The molecule has 18 heavy (non-hydrogen) atoms. The molecule has 0 aliphatic heterocycles. The molecule has 0 aliphatic carbocycles. The lowest BCUT2D eigenvalue weighted by Gasteiger charge is -2.17.